The largest absolute Gasteiger partial charge is 0.469 e. The zero-order valence-electron chi connectivity index (χ0n) is 21.6. The second-order valence-electron chi connectivity index (χ2n) is 8.66. The second-order valence-corrected chi connectivity index (χ2v) is 8.66. The van der Waals surface area contributed by atoms with Crippen LogP contribution in [0.5, 0.6) is 0 Å². The molecule has 0 aliphatic carbocycles. The van der Waals surface area contributed by atoms with E-state index in [1.807, 2.05) is 91.0 Å². The van der Waals surface area contributed by atoms with E-state index in [2.05, 4.69) is 10.1 Å². The van der Waals surface area contributed by atoms with Gasteiger partial charge in [0.2, 0.25) is 5.91 Å². The minimum atomic E-state index is -1.47. The number of benzene rings is 3. The van der Waals surface area contributed by atoms with Gasteiger partial charge in [-0.05, 0) is 16.7 Å². The van der Waals surface area contributed by atoms with Crippen LogP contribution >= 0.6 is 0 Å². The van der Waals surface area contributed by atoms with Crippen molar-refractivity contribution in [1.29, 1.82) is 0 Å². The molecule has 1 N–H and O–H groups in total. The predicted molar refractivity (Wildman–Crippen MR) is 140 cm³/mol. The van der Waals surface area contributed by atoms with Gasteiger partial charge in [0.15, 0.2) is 0 Å². The molecule has 0 heterocycles. The lowest BCUT2D eigenvalue weighted by Crippen LogP contribution is -2.51. The van der Waals surface area contributed by atoms with Crippen LogP contribution in [-0.2, 0) is 38.8 Å². The highest BCUT2D eigenvalue weighted by atomic mass is 16.5. The molecule has 0 unspecified atom stereocenters. The topological polar surface area (TPSA) is 108 Å². The highest BCUT2D eigenvalue weighted by molar-refractivity contribution is 5.92. The van der Waals surface area contributed by atoms with Crippen LogP contribution in [0.15, 0.2) is 91.0 Å². The molecule has 0 aromatic heterocycles. The number of carbonyl (C=O) groups is 4. The van der Waals surface area contributed by atoms with Gasteiger partial charge in [-0.1, -0.05) is 91.0 Å². The fraction of sp³-hybridized carbons (Fsp3) is 0.267. The quantitative estimate of drug-likeness (QED) is 0.236. The minimum Gasteiger partial charge on any atom is -0.469 e. The summed E-state index contributed by atoms with van der Waals surface area (Å²) in [4.78, 5) is 51.2. The molecule has 0 bridgehead atoms. The summed E-state index contributed by atoms with van der Waals surface area (Å²) in [6.07, 6.45) is -0.588. The van der Waals surface area contributed by atoms with Crippen molar-refractivity contribution < 1.29 is 33.4 Å². The normalized spacial score (nSPS) is 12.5. The third kappa shape index (κ3) is 6.26. The van der Waals surface area contributed by atoms with E-state index >= 15 is 0 Å². The first-order chi connectivity index (χ1) is 18.4. The SMILES string of the molecule is COC(=O)C[C@@H](C(=O)OC)[C@@H](NC(=O)CC(c1ccccc1)(c1ccccc1)c1ccccc1)C(=O)OC. The monoisotopic (exact) mass is 517 g/mol. The van der Waals surface area contributed by atoms with Crippen molar-refractivity contribution in [3.63, 3.8) is 0 Å². The van der Waals surface area contributed by atoms with Crippen molar-refractivity contribution in [2.24, 2.45) is 5.92 Å². The Balaban J connectivity index is 2.10. The van der Waals surface area contributed by atoms with Crippen LogP contribution in [0.2, 0.25) is 0 Å². The molecule has 0 saturated heterocycles. The maximum atomic E-state index is 13.8. The van der Waals surface area contributed by atoms with E-state index in [0.29, 0.717) is 0 Å². The van der Waals surface area contributed by atoms with E-state index in [4.69, 9.17) is 9.47 Å². The van der Waals surface area contributed by atoms with Crippen LogP contribution in [0.25, 0.3) is 0 Å². The van der Waals surface area contributed by atoms with E-state index < -0.39 is 47.6 Å². The first-order valence-electron chi connectivity index (χ1n) is 12.1. The molecule has 1 amide bonds. The minimum absolute atomic E-state index is 0.106. The van der Waals surface area contributed by atoms with Crippen molar-refractivity contribution in [2.75, 3.05) is 21.3 Å². The molecule has 0 fully saturated rings. The number of hydrogen-bond donors (Lipinski definition) is 1. The van der Waals surface area contributed by atoms with Gasteiger partial charge in [0, 0.05) is 6.42 Å². The number of methoxy groups -OCH3 is 3. The molecule has 3 rings (SSSR count). The third-order valence-corrected chi connectivity index (χ3v) is 6.52. The van der Waals surface area contributed by atoms with Crippen LogP contribution in [0.3, 0.4) is 0 Å². The first-order valence-corrected chi connectivity index (χ1v) is 12.1. The molecule has 3 aromatic carbocycles. The Hall–Kier alpha value is -4.46. The molecule has 8 nitrogen and oxygen atoms in total. The lowest BCUT2D eigenvalue weighted by molar-refractivity contribution is -0.159. The van der Waals surface area contributed by atoms with Gasteiger partial charge in [0.1, 0.15) is 6.04 Å². The fourth-order valence-electron chi connectivity index (χ4n) is 4.64. The zero-order valence-corrected chi connectivity index (χ0v) is 21.6. The molecule has 0 spiro atoms. The molecule has 8 heteroatoms. The number of carbonyl (C=O) groups excluding carboxylic acids is 4. The van der Waals surface area contributed by atoms with Gasteiger partial charge in [-0.3, -0.25) is 14.4 Å². The van der Waals surface area contributed by atoms with Gasteiger partial charge >= 0.3 is 17.9 Å². The van der Waals surface area contributed by atoms with Crippen molar-refractivity contribution in [1.82, 2.24) is 5.32 Å². The van der Waals surface area contributed by atoms with E-state index in [9.17, 15) is 19.2 Å². The van der Waals surface area contributed by atoms with E-state index in [-0.39, 0.29) is 6.42 Å². The number of hydrogen-bond acceptors (Lipinski definition) is 7. The van der Waals surface area contributed by atoms with E-state index in [0.717, 1.165) is 38.0 Å². The molecular weight excluding hydrogens is 486 g/mol. The van der Waals surface area contributed by atoms with Crippen molar-refractivity contribution >= 4 is 23.8 Å². The standard InChI is InChI=1S/C30H31NO7/c1-36-26(33)19-24(28(34)37-2)27(29(35)38-3)31-25(32)20-30(21-13-7-4-8-14-21,22-15-9-5-10-16-22)23-17-11-6-12-18-23/h4-18,24,27H,19-20H2,1-3H3,(H,31,32)/t24-,27-/m1/s1. The Labute approximate surface area is 221 Å². The van der Waals surface area contributed by atoms with Crippen LogP contribution in [0, 0.1) is 5.92 Å². The smallest absolute Gasteiger partial charge is 0.329 e. The van der Waals surface area contributed by atoms with Crippen LogP contribution in [0.4, 0.5) is 0 Å². The summed E-state index contributed by atoms with van der Waals surface area (Å²) in [6, 6.07) is 27.3. The molecule has 198 valence electrons. The number of esters is 3. The Kier molecular flexibility index (Phi) is 9.76. The first kappa shape index (κ1) is 28.1. The molecule has 0 aliphatic heterocycles. The van der Waals surface area contributed by atoms with Crippen LogP contribution in [-0.4, -0.2) is 51.2 Å². The molecule has 0 aliphatic rings. The molecular formula is C30H31NO7. The molecule has 0 radical (unpaired) electrons. The predicted octanol–water partition coefficient (Wildman–Crippen LogP) is 3.42. The van der Waals surface area contributed by atoms with Gasteiger partial charge in [-0.15, -0.1) is 0 Å². The lowest BCUT2D eigenvalue weighted by Gasteiger charge is -2.36. The van der Waals surface area contributed by atoms with Crippen molar-refractivity contribution in [3.05, 3.63) is 108 Å². The number of nitrogens with one attached hydrogen (secondary N) is 1. The fourth-order valence-corrected chi connectivity index (χ4v) is 4.64. The summed E-state index contributed by atoms with van der Waals surface area (Å²) < 4.78 is 14.4. The van der Waals surface area contributed by atoms with Crippen molar-refractivity contribution in [3.8, 4) is 0 Å². The Morgan fingerprint density at radius 3 is 1.45 bits per heavy atom. The van der Waals surface area contributed by atoms with Gasteiger partial charge in [-0.25, -0.2) is 4.79 Å². The average molecular weight is 518 g/mol. The van der Waals surface area contributed by atoms with Gasteiger partial charge in [0.05, 0.1) is 39.1 Å². The molecule has 3 aromatic rings. The maximum absolute atomic E-state index is 13.8. The third-order valence-electron chi connectivity index (χ3n) is 6.52. The molecule has 0 saturated carbocycles. The van der Waals surface area contributed by atoms with E-state index in [1.54, 1.807) is 0 Å². The van der Waals surface area contributed by atoms with Gasteiger partial charge in [0.25, 0.3) is 0 Å². The summed E-state index contributed by atoms with van der Waals surface area (Å²) in [5.74, 6) is -4.36. The summed E-state index contributed by atoms with van der Waals surface area (Å²) in [7, 11) is 3.43. The van der Waals surface area contributed by atoms with Crippen LogP contribution in [0.1, 0.15) is 29.5 Å². The van der Waals surface area contributed by atoms with Gasteiger partial charge < -0.3 is 19.5 Å². The van der Waals surface area contributed by atoms with E-state index in [1.165, 1.54) is 0 Å². The lowest BCUT2D eigenvalue weighted by atomic mass is 9.67. The van der Waals surface area contributed by atoms with Crippen LogP contribution < -0.4 is 5.32 Å². The number of amides is 1. The Bertz CT molecular complexity index is 1130. The number of ether oxygens (including phenoxy) is 3. The zero-order chi connectivity index (χ0) is 27.5. The highest BCUT2D eigenvalue weighted by Gasteiger charge is 2.42. The summed E-state index contributed by atoms with van der Waals surface area (Å²) in [5, 5.41) is 2.65. The second kappa shape index (κ2) is 13.2. The molecule has 38 heavy (non-hydrogen) atoms. The summed E-state index contributed by atoms with van der Waals surface area (Å²) in [5.41, 5.74) is 1.65. The Morgan fingerprint density at radius 1 is 0.658 bits per heavy atom. The van der Waals surface area contributed by atoms with Crippen molar-refractivity contribution in [2.45, 2.75) is 24.3 Å². The number of rotatable bonds is 11. The summed E-state index contributed by atoms with van der Waals surface area (Å²) in [6.45, 7) is 0. The maximum Gasteiger partial charge on any atom is 0.329 e. The molecule has 2 atom stereocenters. The Morgan fingerprint density at radius 2 is 1.08 bits per heavy atom. The average Bonchev–Trinajstić information content (AvgIpc) is 2.98. The summed E-state index contributed by atoms with van der Waals surface area (Å²) >= 11 is 0. The van der Waals surface area contributed by atoms with Gasteiger partial charge in [-0.2, -0.15) is 0 Å². The highest BCUT2D eigenvalue weighted by Crippen LogP contribution is 2.42.